The van der Waals surface area contributed by atoms with Gasteiger partial charge in [0.1, 0.15) is 0 Å². The molecule has 3 aromatic rings. The van der Waals surface area contributed by atoms with Crippen molar-refractivity contribution < 1.29 is 9.90 Å². The van der Waals surface area contributed by atoms with Gasteiger partial charge in [-0.05, 0) is 0 Å². The molecule has 0 saturated heterocycles. The first-order valence-electron chi connectivity index (χ1n) is 7.00. The van der Waals surface area contributed by atoms with Gasteiger partial charge in [0.25, 0.3) is 0 Å². The number of rotatable bonds is 4. The summed E-state index contributed by atoms with van der Waals surface area (Å²) in [4.78, 5) is 11.6. The zero-order chi connectivity index (χ0) is 15.4. The zero-order valence-electron chi connectivity index (χ0n) is 11.9. The predicted octanol–water partition coefficient (Wildman–Crippen LogP) is 1.90. The van der Waals surface area contributed by atoms with Gasteiger partial charge < -0.3 is 0 Å². The summed E-state index contributed by atoms with van der Waals surface area (Å²) in [6.07, 6.45) is 0. The minimum atomic E-state index is -1.87. The minimum absolute atomic E-state index is 0.412. The van der Waals surface area contributed by atoms with Gasteiger partial charge in [0.05, 0.1) is 0 Å². The van der Waals surface area contributed by atoms with E-state index in [0.29, 0.717) is 5.56 Å². The molecule has 0 atom stereocenters. The van der Waals surface area contributed by atoms with Crippen molar-refractivity contribution in [3.05, 3.63) is 90.5 Å². The van der Waals surface area contributed by atoms with Gasteiger partial charge in [0, 0.05) is 0 Å². The standard InChI is InChI=1S/C19H15AsO2/c21-19(22)17-13-7-8-14-18(17)20(15-9-3-1-4-10-15)16-11-5-2-6-12-16/h1-14H,(H,21,22). The molecule has 0 amide bonds. The maximum absolute atomic E-state index is 11.6. The Kier molecular flexibility index (Phi) is 4.41. The molecule has 0 unspecified atom stereocenters. The van der Waals surface area contributed by atoms with Gasteiger partial charge in [-0.1, -0.05) is 0 Å². The number of hydrogen-bond acceptors (Lipinski definition) is 1. The van der Waals surface area contributed by atoms with Crippen LogP contribution in [0.2, 0.25) is 0 Å². The monoisotopic (exact) mass is 350 g/mol. The van der Waals surface area contributed by atoms with Crippen molar-refractivity contribution in [2.24, 2.45) is 0 Å². The Morgan fingerprint density at radius 1 is 0.682 bits per heavy atom. The Balaban J connectivity index is 2.21. The molecule has 3 aromatic carbocycles. The predicted molar refractivity (Wildman–Crippen MR) is 90.9 cm³/mol. The van der Waals surface area contributed by atoms with Crippen LogP contribution in [-0.4, -0.2) is 25.7 Å². The number of hydrogen-bond donors (Lipinski definition) is 1. The summed E-state index contributed by atoms with van der Waals surface area (Å²) in [6, 6.07) is 27.8. The summed E-state index contributed by atoms with van der Waals surface area (Å²) in [5, 5.41) is 9.53. The van der Waals surface area contributed by atoms with E-state index in [1.54, 1.807) is 12.1 Å². The molecular weight excluding hydrogens is 335 g/mol. The Morgan fingerprint density at radius 3 is 1.64 bits per heavy atom. The maximum atomic E-state index is 11.6. The van der Waals surface area contributed by atoms with Gasteiger partial charge in [0.15, 0.2) is 0 Å². The van der Waals surface area contributed by atoms with Gasteiger partial charge in [-0.15, -0.1) is 0 Å². The Hall–Kier alpha value is -2.31. The molecule has 22 heavy (non-hydrogen) atoms. The van der Waals surface area contributed by atoms with E-state index in [1.807, 2.05) is 48.5 Å². The van der Waals surface area contributed by atoms with Crippen LogP contribution in [0, 0.1) is 0 Å². The first kappa shape index (κ1) is 14.6. The van der Waals surface area contributed by atoms with Crippen LogP contribution in [-0.2, 0) is 0 Å². The summed E-state index contributed by atoms with van der Waals surface area (Å²) in [5.41, 5.74) is 0.412. The molecule has 1 N–H and O–H groups in total. The number of benzene rings is 3. The number of carboxylic acids is 1. The third kappa shape index (κ3) is 2.98. The number of carbonyl (C=O) groups is 1. The fourth-order valence-corrected chi connectivity index (χ4v) is 7.55. The van der Waals surface area contributed by atoms with Crippen LogP contribution in [0.5, 0.6) is 0 Å². The fourth-order valence-electron chi connectivity index (χ4n) is 2.43. The zero-order valence-corrected chi connectivity index (χ0v) is 13.8. The van der Waals surface area contributed by atoms with E-state index in [0.717, 1.165) is 4.35 Å². The molecular formula is C19H15AsO2. The molecule has 0 aliphatic heterocycles. The molecule has 0 heterocycles. The van der Waals surface area contributed by atoms with Crippen LogP contribution in [0.3, 0.4) is 0 Å². The van der Waals surface area contributed by atoms with Gasteiger partial charge in [0.2, 0.25) is 0 Å². The van der Waals surface area contributed by atoms with Gasteiger partial charge in [-0.3, -0.25) is 0 Å². The van der Waals surface area contributed by atoms with Crippen LogP contribution < -0.4 is 13.1 Å². The van der Waals surface area contributed by atoms with Crippen molar-refractivity contribution in [2.75, 3.05) is 0 Å². The summed E-state index contributed by atoms with van der Waals surface area (Å²) < 4.78 is 3.42. The van der Waals surface area contributed by atoms with Gasteiger partial charge >= 0.3 is 134 Å². The molecule has 3 rings (SSSR count). The van der Waals surface area contributed by atoms with Crippen LogP contribution in [0.4, 0.5) is 0 Å². The second-order valence-electron chi connectivity index (χ2n) is 4.83. The van der Waals surface area contributed by atoms with E-state index >= 15 is 0 Å². The molecule has 0 aliphatic rings. The molecule has 0 radical (unpaired) electrons. The molecule has 0 aromatic heterocycles. The normalized spacial score (nSPS) is 10.6. The fraction of sp³-hybridized carbons (Fsp3) is 0. The van der Waals surface area contributed by atoms with Crippen molar-refractivity contribution in [2.45, 2.75) is 0 Å². The quantitative estimate of drug-likeness (QED) is 0.730. The SMILES string of the molecule is O=C(O)c1ccccc1[As](c1ccccc1)c1ccccc1. The summed E-state index contributed by atoms with van der Waals surface area (Å²) in [7, 11) is 0. The van der Waals surface area contributed by atoms with Crippen molar-refractivity contribution >= 4 is 33.7 Å². The summed E-state index contributed by atoms with van der Waals surface area (Å²) in [6.45, 7) is 0. The van der Waals surface area contributed by atoms with Crippen LogP contribution in [0.25, 0.3) is 0 Å². The van der Waals surface area contributed by atoms with E-state index in [4.69, 9.17) is 0 Å². The Morgan fingerprint density at radius 2 is 1.14 bits per heavy atom. The molecule has 0 saturated carbocycles. The van der Waals surface area contributed by atoms with Crippen LogP contribution in [0.15, 0.2) is 84.9 Å². The van der Waals surface area contributed by atoms with E-state index in [2.05, 4.69) is 24.3 Å². The van der Waals surface area contributed by atoms with Crippen LogP contribution in [0.1, 0.15) is 10.4 Å². The number of carboxylic acid groups (broad SMARTS) is 1. The third-order valence-electron chi connectivity index (χ3n) is 3.40. The number of aromatic carboxylic acids is 1. The topological polar surface area (TPSA) is 37.3 Å². The molecule has 2 nitrogen and oxygen atoms in total. The summed E-state index contributed by atoms with van der Waals surface area (Å²) in [5.74, 6) is -0.859. The van der Waals surface area contributed by atoms with Crippen molar-refractivity contribution in [1.82, 2.24) is 0 Å². The van der Waals surface area contributed by atoms with E-state index in [9.17, 15) is 9.90 Å². The third-order valence-corrected chi connectivity index (χ3v) is 8.65. The first-order valence-corrected chi connectivity index (χ1v) is 9.81. The second kappa shape index (κ2) is 6.63. The molecule has 0 spiro atoms. The van der Waals surface area contributed by atoms with E-state index in [-0.39, 0.29) is 0 Å². The molecule has 3 heteroatoms. The van der Waals surface area contributed by atoms with Gasteiger partial charge in [-0.2, -0.15) is 0 Å². The molecule has 0 aliphatic carbocycles. The second-order valence-corrected chi connectivity index (χ2v) is 9.41. The molecule has 108 valence electrons. The average Bonchev–Trinajstić information content (AvgIpc) is 2.57. The summed E-state index contributed by atoms with van der Waals surface area (Å²) >= 11 is -1.87. The Labute approximate surface area is 134 Å². The molecule has 0 bridgehead atoms. The Bertz CT molecular complexity index is 730. The average molecular weight is 350 g/mol. The van der Waals surface area contributed by atoms with Crippen LogP contribution >= 0.6 is 0 Å². The van der Waals surface area contributed by atoms with E-state index in [1.165, 1.54) is 8.70 Å². The van der Waals surface area contributed by atoms with E-state index < -0.39 is 20.6 Å². The van der Waals surface area contributed by atoms with Gasteiger partial charge in [-0.25, -0.2) is 0 Å². The van der Waals surface area contributed by atoms with Crippen molar-refractivity contribution in [3.63, 3.8) is 0 Å². The van der Waals surface area contributed by atoms with Crippen molar-refractivity contribution in [1.29, 1.82) is 0 Å². The molecule has 0 fully saturated rings. The van der Waals surface area contributed by atoms with Crippen molar-refractivity contribution in [3.8, 4) is 0 Å². The first-order chi connectivity index (χ1) is 10.8.